The van der Waals surface area contributed by atoms with Crippen LogP contribution in [0.25, 0.3) is 0 Å². The number of carbonyl (C=O) groups is 1. The molecule has 1 fully saturated rings. The third-order valence-corrected chi connectivity index (χ3v) is 3.28. The quantitative estimate of drug-likeness (QED) is 0.859. The van der Waals surface area contributed by atoms with Gasteiger partial charge in [0, 0.05) is 12.6 Å². The third kappa shape index (κ3) is 3.77. The number of carbonyl (C=O) groups excluding carboxylic acids is 1. The topological polar surface area (TPSA) is 54.0 Å². The SMILES string of the molecule is O=C(CCC1CCNCC1)Nc1ccncc1F. The number of piperidine rings is 1. The Balaban J connectivity index is 1.76. The van der Waals surface area contributed by atoms with Crippen molar-refractivity contribution in [1.29, 1.82) is 0 Å². The highest BCUT2D eigenvalue weighted by atomic mass is 19.1. The second-order valence-corrected chi connectivity index (χ2v) is 4.64. The summed E-state index contributed by atoms with van der Waals surface area (Å²) in [6.07, 6.45) is 6.13. The van der Waals surface area contributed by atoms with E-state index >= 15 is 0 Å². The van der Waals surface area contributed by atoms with Gasteiger partial charge >= 0.3 is 0 Å². The minimum Gasteiger partial charge on any atom is -0.324 e. The van der Waals surface area contributed by atoms with Crippen LogP contribution in [0.1, 0.15) is 25.7 Å². The smallest absolute Gasteiger partial charge is 0.224 e. The van der Waals surface area contributed by atoms with E-state index < -0.39 is 5.82 Å². The average Bonchev–Trinajstić information content (AvgIpc) is 2.40. The molecule has 0 aliphatic carbocycles. The number of aromatic nitrogens is 1. The predicted molar refractivity (Wildman–Crippen MR) is 67.7 cm³/mol. The average molecular weight is 251 g/mol. The van der Waals surface area contributed by atoms with Crippen LogP contribution < -0.4 is 10.6 Å². The molecule has 2 heterocycles. The first-order chi connectivity index (χ1) is 8.75. The summed E-state index contributed by atoms with van der Waals surface area (Å²) in [6, 6.07) is 1.47. The number of nitrogens with one attached hydrogen (secondary N) is 2. The highest BCUT2D eigenvalue weighted by molar-refractivity contribution is 5.90. The molecule has 98 valence electrons. The van der Waals surface area contributed by atoms with Crippen molar-refractivity contribution in [1.82, 2.24) is 10.3 Å². The molecular formula is C13H18FN3O. The zero-order valence-electron chi connectivity index (χ0n) is 10.3. The third-order valence-electron chi connectivity index (χ3n) is 3.28. The van der Waals surface area contributed by atoms with Crippen molar-refractivity contribution in [3.63, 3.8) is 0 Å². The van der Waals surface area contributed by atoms with Gasteiger partial charge in [-0.15, -0.1) is 0 Å². The number of hydrogen-bond donors (Lipinski definition) is 2. The number of halogens is 1. The Morgan fingerprint density at radius 2 is 2.28 bits per heavy atom. The summed E-state index contributed by atoms with van der Waals surface area (Å²) in [7, 11) is 0. The molecule has 5 heteroatoms. The zero-order valence-corrected chi connectivity index (χ0v) is 10.3. The highest BCUT2D eigenvalue weighted by Crippen LogP contribution is 2.18. The number of nitrogens with zero attached hydrogens (tertiary/aromatic N) is 1. The molecule has 1 saturated heterocycles. The lowest BCUT2D eigenvalue weighted by Crippen LogP contribution is -2.28. The van der Waals surface area contributed by atoms with Gasteiger partial charge in [0.1, 0.15) is 0 Å². The molecule has 0 aromatic carbocycles. The lowest BCUT2D eigenvalue weighted by atomic mass is 9.93. The Hall–Kier alpha value is -1.49. The molecule has 2 N–H and O–H groups in total. The minimum absolute atomic E-state index is 0.126. The summed E-state index contributed by atoms with van der Waals surface area (Å²) in [6.45, 7) is 2.07. The fourth-order valence-electron chi connectivity index (χ4n) is 2.19. The van der Waals surface area contributed by atoms with Crippen molar-refractivity contribution in [3.05, 3.63) is 24.3 Å². The molecule has 0 atom stereocenters. The molecule has 1 aliphatic rings. The maximum absolute atomic E-state index is 13.3. The number of pyridine rings is 1. The minimum atomic E-state index is -0.493. The van der Waals surface area contributed by atoms with Crippen LogP contribution in [0.2, 0.25) is 0 Å². The summed E-state index contributed by atoms with van der Waals surface area (Å²) in [5, 5.41) is 5.87. The molecular weight excluding hydrogens is 233 g/mol. The van der Waals surface area contributed by atoms with Crippen molar-refractivity contribution in [2.45, 2.75) is 25.7 Å². The molecule has 1 aliphatic heterocycles. The van der Waals surface area contributed by atoms with Gasteiger partial charge in [0.15, 0.2) is 5.82 Å². The fraction of sp³-hybridized carbons (Fsp3) is 0.538. The van der Waals surface area contributed by atoms with E-state index in [-0.39, 0.29) is 11.6 Å². The van der Waals surface area contributed by atoms with Gasteiger partial charge in [0.2, 0.25) is 5.91 Å². The Bertz CT molecular complexity index is 405. The molecule has 0 saturated carbocycles. The summed E-state index contributed by atoms with van der Waals surface area (Å²) in [4.78, 5) is 15.3. The predicted octanol–water partition coefficient (Wildman–Crippen LogP) is 1.94. The van der Waals surface area contributed by atoms with Crippen LogP contribution in [-0.2, 0) is 4.79 Å². The van der Waals surface area contributed by atoms with Crippen molar-refractivity contribution in [3.8, 4) is 0 Å². The molecule has 0 spiro atoms. The molecule has 2 rings (SSSR count). The van der Waals surface area contributed by atoms with Gasteiger partial charge in [0.05, 0.1) is 11.9 Å². The number of anilines is 1. The molecule has 0 radical (unpaired) electrons. The Morgan fingerprint density at radius 1 is 1.50 bits per heavy atom. The maximum atomic E-state index is 13.3. The van der Waals surface area contributed by atoms with E-state index in [1.54, 1.807) is 0 Å². The second kappa shape index (κ2) is 6.44. The van der Waals surface area contributed by atoms with Gasteiger partial charge in [-0.25, -0.2) is 4.39 Å². The molecule has 0 bridgehead atoms. The van der Waals surface area contributed by atoms with Crippen LogP contribution in [0.15, 0.2) is 18.5 Å². The summed E-state index contributed by atoms with van der Waals surface area (Å²) in [5.74, 6) is -0.00867. The molecule has 0 unspecified atom stereocenters. The van der Waals surface area contributed by atoms with Crippen molar-refractivity contribution in [2.75, 3.05) is 18.4 Å². The van der Waals surface area contributed by atoms with E-state index in [9.17, 15) is 9.18 Å². The monoisotopic (exact) mass is 251 g/mol. The number of rotatable bonds is 4. The van der Waals surface area contributed by atoms with Crippen LogP contribution in [0.4, 0.5) is 10.1 Å². The molecule has 4 nitrogen and oxygen atoms in total. The first-order valence-electron chi connectivity index (χ1n) is 6.36. The van der Waals surface area contributed by atoms with Crippen LogP contribution >= 0.6 is 0 Å². The molecule has 1 aromatic heterocycles. The van der Waals surface area contributed by atoms with Crippen LogP contribution in [-0.4, -0.2) is 24.0 Å². The van der Waals surface area contributed by atoms with E-state index in [0.717, 1.165) is 38.5 Å². The van der Waals surface area contributed by atoms with Gasteiger partial charge in [-0.1, -0.05) is 0 Å². The summed E-state index contributed by atoms with van der Waals surface area (Å²) in [5.41, 5.74) is 0.209. The first-order valence-corrected chi connectivity index (χ1v) is 6.36. The van der Waals surface area contributed by atoms with Gasteiger partial charge in [0.25, 0.3) is 0 Å². The van der Waals surface area contributed by atoms with Gasteiger partial charge in [-0.05, 0) is 44.3 Å². The van der Waals surface area contributed by atoms with Gasteiger partial charge in [-0.3, -0.25) is 9.78 Å². The van der Waals surface area contributed by atoms with Crippen LogP contribution in [0, 0.1) is 11.7 Å². The van der Waals surface area contributed by atoms with Crippen molar-refractivity contribution < 1.29 is 9.18 Å². The molecule has 18 heavy (non-hydrogen) atoms. The highest BCUT2D eigenvalue weighted by Gasteiger charge is 2.15. The second-order valence-electron chi connectivity index (χ2n) is 4.64. The normalized spacial score (nSPS) is 16.5. The van der Waals surface area contributed by atoms with Gasteiger partial charge < -0.3 is 10.6 Å². The van der Waals surface area contributed by atoms with E-state index in [0.29, 0.717) is 12.3 Å². The fourth-order valence-corrected chi connectivity index (χ4v) is 2.19. The van der Waals surface area contributed by atoms with E-state index in [1.165, 1.54) is 12.3 Å². The first kappa shape index (κ1) is 13.0. The van der Waals surface area contributed by atoms with E-state index in [1.807, 2.05) is 0 Å². The van der Waals surface area contributed by atoms with Crippen LogP contribution in [0.3, 0.4) is 0 Å². The van der Waals surface area contributed by atoms with Crippen molar-refractivity contribution >= 4 is 11.6 Å². The Labute approximate surface area is 106 Å². The lowest BCUT2D eigenvalue weighted by Gasteiger charge is -2.22. The standard InChI is InChI=1S/C13H18FN3O/c14-11-9-16-8-5-12(11)17-13(18)2-1-10-3-6-15-7-4-10/h5,8-10,15H,1-4,6-7H2,(H,16,17,18). The maximum Gasteiger partial charge on any atom is 0.224 e. The van der Waals surface area contributed by atoms with E-state index in [2.05, 4.69) is 15.6 Å². The van der Waals surface area contributed by atoms with E-state index in [4.69, 9.17) is 0 Å². The number of hydrogen-bond acceptors (Lipinski definition) is 3. The number of amides is 1. The Kier molecular flexibility index (Phi) is 4.64. The van der Waals surface area contributed by atoms with Crippen molar-refractivity contribution in [2.24, 2.45) is 5.92 Å². The van der Waals surface area contributed by atoms with Gasteiger partial charge in [-0.2, -0.15) is 0 Å². The zero-order chi connectivity index (χ0) is 12.8. The van der Waals surface area contributed by atoms with Crippen LogP contribution in [0.5, 0.6) is 0 Å². The largest absolute Gasteiger partial charge is 0.324 e. The molecule has 1 amide bonds. The Morgan fingerprint density at radius 3 is 3.00 bits per heavy atom. The lowest BCUT2D eigenvalue weighted by molar-refractivity contribution is -0.116. The molecule has 1 aromatic rings. The summed E-state index contributed by atoms with van der Waals surface area (Å²) < 4.78 is 13.3. The summed E-state index contributed by atoms with van der Waals surface area (Å²) >= 11 is 0.